The van der Waals surface area contributed by atoms with Gasteiger partial charge in [0.15, 0.2) is 0 Å². The first-order chi connectivity index (χ1) is 13.7. The van der Waals surface area contributed by atoms with Crippen LogP contribution in [0.5, 0.6) is 5.75 Å². The molecule has 3 heterocycles. The summed E-state index contributed by atoms with van der Waals surface area (Å²) in [5, 5.41) is 6.38. The molecule has 2 aliphatic rings. The van der Waals surface area contributed by atoms with Gasteiger partial charge in [0.25, 0.3) is 5.91 Å². The Bertz CT molecular complexity index is 895. The molecule has 1 amide bonds. The van der Waals surface area contributed by atoms with E-state index in [2.05, 4.69) is 20.6 Å². The molecule has 146 valence electrons. The van der Waals surface area contributed by atoms with E-state index in [0.29, 0.717) is 11.5 Å². The molecule has 1 saturated heterocycles. The van der Waals surface area contributed by atoms with Gasteiger partial charge in [0, 0.05) is 29.6 Å². The summed E-state index contributed by atoms with van der Waals surface area (Å²) in [6, 6.07) is 7.72. The minimum atomic E-state index is -0.0445. The van der Waals surface area contributed by atoms with Crippen LogP contribution >= 0.6 is 11.3 Å². The standard InChI is InChI=1S/C22H25N3O2S/c1-16-24-20(15-28-16)14-25-9-6-17(7-10-25)13-23-22(26)19-8-11-27-21-5-3-2-4-18(21)12-19/h2-5,8,11-12,15,17H,6-7,9-10,13-14H2,1H3,(H,23,26). The molecular weight excluding hydrogens is 370 g/mol. The Labute approximate surface area is 169 Å². The fourth-order valence-electron chi connectivity index (χ4n) is 3.64. The molecule has 2 aromatic rings. The molecule has 1 N–H and O–H groups in total. The summed E-state index contributed by atoms with van der Waals surface area (Å²) < 4.78 is 5.56. The summed E-state index contributed by atoms with van der Waals surface area (Å²) in [4.78, 5) is 19.6. The third-order valence-corrected chi connectivity index (χ3v) is 6.07. The number of ether oxygens (including phenoxy) is 1. The van der Waals surface area contributed by atoms with E-state index in [9.17, 15) is 4.79 Å². The van der Waals surface area contributed by atoms with Crippen molar-refractivity contribution in [3.8, 4) is 5.75 Å². The van der Waals surface area contributed by atoms with Crippen LogP contribution in [0.25, 0.3) is 6.08 Å². The summed E-state index contributed by atoms with van der Waals surface area (Å²) in [7, 11) is 0. The highest BCUT2D eigenvalue weighted by Gasteiger charge is 2.21. The number of carbonyl (C=O) groups is 1. The normalized spacial score (nSPS) is 17.4. The van der Waals surface area contributed by atoms with Crippen LogP contribution in [0.1, 0.15) is 29.1 Å². The number of likely N-dealkylation sites (tertiary alicyclic amines) is 1. The Hall–Kier alpha value is -2.44. The number of para-hydroxylation sites is 1. The quantitative estimate of drug-likeness (QED) is 0.837. The van der Waals surface area contributed by atoms with E-state index in [-0.39, 0.29) is 5.91 Å². The molecular formula is C22H25N3O2S. The first-order valence-electron chi connectivity index (χ1n) is 9.73. The Kier molecular flexibility index (Phi) is 5.88. The van der Waals surface area contributed by atoms with Crippen LogP contribution in [0.15, 0.2) is 47.6 Å². The second kappa shape index (κ2) is 8.71. The fourth-order valence-corrected chi connectivity index (χ4v) is 4.25. The Balaban J connectivity index is 1.26. The minimum absolute atomic E-state index is 0.0445. The number of nitrogens with one attached hydrogen (secondary N) is 1. The van der Waals surface area contributed by atoms with Crippen LogP contribution in [0.2, 0.25) is 0 Å². The summed E-state index contributed by atoms with van der Waals surface area (Å²) in [6.07, 6.45) is 7.39. The van der Waals surface area contributed by atoms with E-state index in [4.69, 9.17) is 4.74 Å². The van der Waals surface area contributed by atoms with Gasteiger partial charge < -0.3 is 10.1 Å². The van der Waals surface area contributed by atoms with Gasteiger partial charge in [0.2, 0.25) is 0 Å². The number of thiazole rings is 1. The lowest BCUT2D eigenvalue weighted by Gasteiger charge is -2.31. The summed E-state index contributed by atoms with van der Waals surface area (Å²) in [5.74, 6) is 1.25. The van der Waals surface area contributed by atoms with Gasteiger partial charge in [-0.05, 0) is 57.0 Å². The van der Waals surface area contributed by atoms with Gasteiger partial charge in [-0.25, -0.2) is 4.98 Å². The van der Waals surface area contributed by atoms with Gasteiger partial charge in [-0.2, -0.15) is 0 Å². The van der Waals surface area contributed by atoms with Crippen molar-refractivity contribution in [1.29, 1.82) is 0 Å². The van der Waals surface area contributed by atoms with Gasteiger partial charge in [-0.3, -0.25) is 9.69 Å². The average Bonchev–Trinajstić information content (AvgIpc) is 2.99. The zero-order chi connectivity index (χ0) is 19.3. The van der Waals surface area contributed by atoms with E-state index in [0.717, 1.165) is 55.3 Å². The van der Waals surface area contributed by atoms with Crippen LogP contribution in [-0.4, -0.2) is 35.4 Å². The second-order valence-electron chi connectivity index (χ2n) is 7.35. The third kappa shape index (κ3) is 4.69. The molecule has 0 saturated carbocycles. The number of carbonyl (C=O) groups excluding carboxylic acids is 1. The number of hydrogen-bond donors (Lipinski definition) is 1. The number of piperidine rings is 1. The maximum atomic E-state index is 12.6. The minimum Gasteiger partial charge on any atom is -0.464 e. The number of amides is 1. The molecule has 0 aliphatic carbocycles. The topological polar surface area (TPSA) is 54.5 Å². The third-order valence-electron chi connectivity index (χ3n) is 5.25. The molecule has 1 aromatic heterocycles. The maximum absolute atomic E-state index is 12.6. The number of aryl methyl sites for hydroxylation is 1. The Morgan fingerprint density at radius 1 is 1.32 bits per heavy atom. The zero-order valence-corrected chi connectivity index (χ0v) is 16.9. The largest absolute Gasteiger partial charge is 0.464 e. The van der Waals surface area contributed by atoms with Crippen molar-refractivity contribution in [2.45, 2.75) is 26.3 Å². The fraction of sp³-hybridized carbons (Fsp3) is 0.364. The van der Waals surface area contributed by atoms with E-state index in [1.165, 1.54) is 5.69 Å². The second-order valence-corrected chi connectivity index (χ2v) is 8.41. The van der Waals surface area contributed by atoms with Gasteiger partial charge in [-0.1, -0.05) is 18.2 Å². The van der Waals surface area contributed by atoms with Gasteiger partial charge >= 0.3 is 0 Å². The average molecular weight is 396 g/mol. The van der Waals surface area contributed by atoms with E-state index >= 15 is 0 Å². The highest BCUT2D eigenvalue weighted by Crippen LogP contribution is 2.24. The lowest BCUT2D eigenvalue weighted by molar-refractivity contribution is -0.117. The van der Waals surface area contributed by atoms with Crippen LogP contribution < -0.4 is 10.1 Å². The number of fused-ring (bicyclic) bond motifs is 1. The molecule has 1 fully saturated rings. The van der Waals surface area contributed by atoms with E-state index < -0.39 is 0 Å². The van der Waals surface area contributed by atoms with Crippen molar-refractivity contribution in [3.63, 3.8) is 0 Å². The van der Waals surface area contributed by atoms with Gasteiger partial charge in [-0.15, -0.1) is 11.3 Å². The zero-order valence-electron chi connectivity index (χ0n) is 16.1. The highest BCUT2D eigenvalue weighted by molar-refractivity contribution is 7.09. The first-order valence-corrected chi connectivity index (χ1v) is 10.6. The number of benzene rings is 1. The molecule has 0 spiro atoms. The van der Waals surface area contributed by atoms with E-state index in [1.54, 1.807) is 23.7 Å². The SMILES string of the molecule is Cc1nc(CN2CCC(CNC(=O)C3=Cc4ccccc4OC=C3)CC2)cs1. The van der Waals surface area contributed by atoms with Crippen molar-refractivity contribution in [2.75, 3.05) is 19.6 Å². The van der Waals surface area contributed by atoms with Crippen LogP contribution in [-0.2, 0) is 11.3 Å². The van der Waals surface area contributed by atoms with Crippen molar-refractivity contribution in [3.05, 3.63) is 63.8 Å². The summed E-state index contributed by atoms with van der Waals surface area (Å²) >= 11 is 1.71. The lowest BCUT2D eigenvalue weighted by Crippen LogP contribution is -2.38. The molecule has 0 bridgehead atoms. The molecule has 6 heteroatoms. The molecule has 0 atom stereocenters. The molecule has 4 rings (SSSR count). The highest BCUT2D eigenvalue weighted by atomic mass is 32.1. The van der Waals surface area contributed by atoms with Gasteiger partial charge in [0.1, 0.15) is 5.75 Å². The predicted octanol–water partition coefficient (Wildman–Crippen LogP) is 3.77. The Morgan fingerprint density at radius 2 is 2.14 bits per heavy atom. The van der Waals surface area contributed by atoms with Crippen molar-refractivity contribution in [2.24, 2.45) is 5.92 Å². The van der Waals surface area contributed by atoms with Crippen molar-refractivity contribution in [1.82, 2.24) is 15.2 Å². The molecule has 2 aliphatic heterocycles. The molecule has 5 nitrogen and oxygen atoms in total. The summed E-state index contributed by atoms with van der Waals surface area (Å²) in [6.45, 7) is 5.81. The number of rotatable bonds is 5. The van der Waals surface area contributed by atoms with Crippen molar-refractivity contribution >= 4 is 23.3 Å². The molecule has 28 heavy (non-hydrogen) atoms. The van der Waals surface area contributed by atoms with Crippen LogP contribution in [0, 0.1) is 12.8 Å². The first kappa shape index (κ1) is 18.9. The van der Waals surface area contributed by atoms with Crippen molar-refractivity contribution < 1.29 is 9.53 Å². The molecule has 1 aromatic carbocycles. The number of hydrogen-bond acceptors (Lipinski definition) is 5. The van der Waals surface area contributed by atoms with E-state index in [1.807, 2.05) is 37.3 Å². The monoisotopic (exact) mass is 395 g/mol. The Morgan fingerprint density at radius 3 is 2.93 bits per heavy atom. The molecule has 0 radical (unpaired) electrons. The predicted molar refractivity (Wildman–Crippen MR) is 112 cm³/mol. The van der Waals surface area contributed by atoms with Crippen LogP contribution in [0.4, 0.5) is 0 Å². The maximum Gasteiger partial charge on any atom is 0.251 e. The summed E-state index contributed by atoms with van der Waals surface area (Å²) in [5.41, 5.74) is 2.72. The smallest absolute Gasteiger partial charge is 0.251 e. The lowest BCUT2D eigenvalue weighted by atomic mass is 9.96. The number of aromatic nitrogens is 1. The van der Waals surface area contributed by atoms with Gasteiger partial charge in [0.05, 0.1) is 17.0 Å². The molecule has 0 unspecified atom stereocenters. The van der Waals surface area contributed by atoms with Crippen LogP contribution in [0.3, 0.4) is 0 Å². The number of nitrogens with zero attached hydrogens (tertiary/aromatic N) is 2.